The fourth-order valence-electron chi connectivity index (χ4n) is 2.44. The second-order valence-electron chi connectivity index (χ2n) is 4.89. The van der Waals surface area contributed by atoms with E-state index in [9.17, 15) is 9.18 Å². The number of amides is 1. The zero-order chi connectivity index (χ0) is 14.0. The van der Waals surface area contributed by atoms with E-state index in [-0.39, 0.29) is 28.0 Å². The maximum atomic E-state index is 13.4. The molecule has 0 radical (unpaired) electrons. The second kappa shape index (κ2) is 6.94. The van der Waals surface area contributed by atoms with E-state index in [1.165, 1.54) is 6.07 Å². The zero-order valence-electron chi connectivity index (χ0n) is 10.7. The van der Waals surface area contributed by atoms with Crippen LogP contribution in [0.25, 0.3) is 0 Å². The van der Waals surface area contributed by atoms with Gasteiger partial charge in [-0.25, -0.2) is 4.39 Å². The summed E-state index contributed by atoms with van der Waals surface area (Å²) in [6.07, 6.45) is 3.73. The van der Waals surface area contributed by atoms with Gasteiger partial charge in [0.2, 0.25) is 0 Å². The summed E-state index contributed by atoms with van der Waals surface area (Å²) in [7, 11) is 0. The molecule has 1 saturated carbocycles. The molecule has 7 heteroatoms. The van der Waals surface area contributed by atoms with E-state index in [0.717, 1.165) is 31.7 Å². The van der Waals surface area contributed by atoms with Gasteiger partial charge in [0.05, 0.1) is 21.1 Å². The summed E-state index contributed by atoms with van der Waals surface area (Å²) in [5.41, 5.74) is 5.44. The third-order valence-electron chi connectivity index (χ3n) is 3.58. The molecule has 1 amide bonds. The Hall–Kier alpha value is -0.550. The van der Waals surface area contributed by atoms with Gasteiger partial charge in [-0.3, -0.25) is 4.79 Å². The van der Waals surface area contributed by atoms with E-state index in [4.69, 9.17) is 28.9 Å². The number of carbonyl (C=O) groups is 1. The Kier molecular flexibility index (Phi) is 6.07. The standard InChI is InChI=1S/C13H15Cl2FN2O.ClH/c14-9-6-10(15)11(16)5-8(9)12(19)18-13(7-17)3-1-2-4-13;/h5-6H,1-4,7,17H2,(H,18,19);1H. The van der Waals surface area contributed by atoms with Crippen LogP contribution in [0.15, 0.2) is 12.1 Å². The number of carbonyl (C=O) groups excluding carboxylic acids is 1. The van der Waals surface area contributed by atoms with E-state index in [0.29, 0.717) is 6.54 Å². The SMILES string of the molecule is Cl.NCC1(NC(=O)c2cc(F)c(Cl)cc2Cl)CCCC1. The molecule has 0 spiro atoms. The Balaban J connectivity index is 0.00000200. The molecule has 0 saturated heterocycles. The minimum absolute atomic E-state index is 0. The predicted molar refractivity (Wildman–Crippen MR) is 81.4 cm³/mol. The highest BCUT2D eigenvalue weighted by Gasteiger charge is 2.34. The molecule has 0 atom stereocenters. The van der Waals surface area contributed by atoms with Gasteiger partial charge in [-0.2, -0.15) is 0 Å². The predicted octanol–water partition coefficient (Wildman–Crippen LogP) is 3.56. The molecular weight excluding hydrogens is 326 g/mol. The first-order valence-corrected chi connectivity index (χ1v) is 6.90. The van der Waals surface area contributed by atoms with Crippen molar-refractivity contribution in [3.63, 3.8) is 0 Å². The van der Waals surface area contributed by atoms with E-state index in [2.05, 4.69) is 5.32 Å². The van der Waals surface area contributed by atoms with Crippen LogP contribution in [0.3, 0.4) is 0 Å². The van der Waals surface area contributed by atoms with Crippen molar-refractivity contribution < 1.29 is 9.18 Å². The van der Waals surface area contributed by atoms with Crippen molar-refractivity contribution in [3.05, 3.63) is 33.6 Å². The summed E-state index contributed by atoms with van der Waals surface area (Å²) in [6.45, 7) is 0.367. The fourth-order valence-corrected chi connectivity index (χ4v) is 2.91. The van der Waals surface area contributed by atoms with Crippen molar-refractivity contribution in [1.82, 2.24) is 5.32 Å². The largest absolute Gasteiger partial charge is 0.345 e. The number of nitrogens with two attached hydrogens (primary N) is 1. The highest BCUT2D eigenvalue weighted by molar-refractivity contribution is 6.36. The average molecular weight is 342 g/mol. The van der Waals surface area contributed by atoms with Crippen LogP contribution in [0, 0.1) is 5.82 Å². The quantitative estimate of drug-likeness (QED) is 0.826. The Morgan fingerprint density at radius 3 is 2.45 bits per heavy atom. The number of hydrogen-bond acceptors (Lipinski definition) is 2. The summed E-state index contributed by atoms with van der Waals surface area (Å²) in [6, 6.07) is 2.29. The topological polar surface area (TPSA) is 55.1 Å². The number of nitrogens with one attached hydrogen (secondary N) is 1. The van der Waals surface area contributed by atoms with Crippen molar-refractivity contribution in [1.29, 1.82) is 0 Å². The van der Waals surface area contributed by atoms with Gasteiger partial charge in [0.1, 0.15) is 5.82 Å². The maximum Gasteiger partial charge on any atom is 0.253 e. The summed E-state index contributed by atoms with van der Waals surface area (Å²) >= 11 is 11.5. The van der Waals surface area contributed by atoms with E-state index in [1.807, 2.05) is 0 Å². The molecule has 1 aromatic carbocycles. The van der Waals surface area contributed by atoms with Crippen LogP contribution in [0.1, 0.15) is 36.0 Å². The minimum Gasteiger partial charge on any atom is -0.345 e. The van der Waals surface area contributed by atoms with Crippen LogP contribution < -0.4 is 11.1 Å². The molecular formula is C13H16Cl3FN2O. The lowest BCUT2D eigenvalue weighted by atomic mass is 9.97. The van der Waals surface area contributed by atoms with Gasteiger partial charge in [0, 0.05) is 6.54 Å². The smallest absolute Gasteiger partial charge is 0.253 e. The molecule has 20 heavy (non-hydrogen) atoms. The Morgan fingerprint density at radius 2 is 1.90 bits per heavy atom. The third kappa shape index (κ3) is 3.55. The first-order chi connectivity index (χ1) is 8.97. The zero-order valence-corrected chi connectivity index (χ0v) is 13.0. The summed E-state index contributed by atoms with van der Waals surface area (Å²) in [5.74, 6) is -1.07. The van der Waals surface area contributed by atoms with Crippen LogP contribution in [0.2, 0.25) is 10.0 Å². The highest BCUT2D eigenvalue weighted by Crippen LogP contribution is 2.30. The molecule has 1 aliphatic carbocycles. The van der Waals surface area contributed by atoms with Crippen LogP contribution in [-0.2, 0) is 0 Å². The average Bonchev–Trinajstić information content (AvgIpc) is 2.83. The number of benzene rings is 1. The molecule has 0 bridgehead atoms. The molecule has 2 rings (SSSR count). The van der Waals surface area contributed by atoms with Crippen LogP contribution in [0.4, 0.5) is 4.39 Å². The first kappa shape index (κ1) is 17.5. The van der Waals surface area contributed by atoms with Gasteiger partial charge >= 0.3 is 0 Å². The highest BCUT2D eigenvalue weighted by atomic mass is 35.5. The van der Waals surface area contributed by atoms with Gasteiger partial charge in [-0.15, -0.1) is 12.4 Å². The van der Waals surface area contributed by atoms with Gasteiger partial charge in [-0.05, 0) is 25.0 Å². The Bertz CT molecular complexity index is 505. The second-order valence-corrected chi connectivity index (χ2v) is 5.71. The molecule has 3 nitrogen and oxygen atoms in total. The lowest BCUT2D eigenvalue weighted by Gasteiger charge is -2.28. The van der Waals surface area contributed by atoms with Crippen LogP contribution >= 0.6 is 35.6 Å². The van der Waals surface area contributed by atoms with Crippen molar-refractivity contribution in [2.45, 2.75) is 31.2 Å². The summed E-state index contributed by atoms with van der Waals surface area (Å²) < 4.78 is 13.4. The minimum atomic E-state index is -0.663. The number of halogens is 4. The van der Waals surface area contributed by atoms with Crippen molar-refractivity contribution >= 4 is 41.5 Å². The first-order valence-electron chi connectivity index (χ1n) is 6.14. The van der Waals surface area contributed by atoms with Gasteiger partial charge < -0.3 is 11.1 Å². The molecule has 0 aliphatic heterocycles. The van der Waals surface area contributed by atoms with Crippen molar-refractivity contribution in [2.24, 2.45) is 5.73 Å². The Labute approximate surface area is 133 Å². The lowest BCUT2D eigenvalue weighted by molar-refractivity contribution is 0.0903. The maximum absolute atomic E-state index is 13.4. The lowest BCUT2D eigenvalue weighted by Crippen LogP contribution is -2.51. The molecule has 0 aromatic heterocycles. The molecule has 1 fully saturated rings. The number of hydrogen-bond donors (Lipinski definition) is 2. The molecule has 0 heterocycles. The van der Waals surface area contributed by atoms with E-state index in [1.54, 1.807) is 0 Å². The van der Waals surface area contributed by atoms with Gasteiger partial charge in [0.15, 0.2) is 0 Å². The van der Waals surface area contributed by atoms with Crippen LogP contribution in [-0.4, -0.2) is 18.0 Å². The van der Waals surface area contributed by atoms with E-state index < -0.39 is 17.3 Å². The molecule has 112 valence electrons. The van der Waals surface area contributed by atoms with E-state index >= 15 is 0 Å². The third-order valence-corrected chi connectivity index (χ3v) is 4.19. The normalized spacial score (nSPS) is 16.6. The number of rotatable bonds is 3. The molecule has 1 aromatic rings. The molecule has 1 aliphatic rings. The monoisotopic (exact) mass is 340 g/mol. The molecule has 3 N–H and O–H groups in total. The summed E-state index contributed by atoms with van der Waals surface area (Å²) in [4.78, 5) is 12.2. The molecule has 0 unspecified atom stereocenters. The van der Waals surface area contributed by atoms with Crippen molar-refractivity contribution in [2.75, 3.05) is 6.54 Å². The van der Waals surface area contributed by atoms with Crippen molar-refractivity contribution in [3.8, 4) is 0 Å². The summed E-state index contributed by atoms with van der Waals surface area (Å²) in [5, 5.41) is 2.92. The fraction of sp³-hybridized carbons (Fsp3) is 0.462. The van der Waals surface area contributed by atoms with Gasteiger partial charge in [0.25, 0.3) is 5.91 Å². The van der Waals surface area contributed by atoms with Gasteiger partial charge in [-0.1, -0.05) is 36.0 Å². The van der Waals surface area contributed by atoms with Crippen LogP contribution in [0.5, 0.6) is 0 Å². The Morgan fingerprint density at radius 1 is 1.30 bits per heavy atom.